The third kappa shape index (κ3) is 5.79. The van der Waals surface area contributed by atoms with Gasteiger partial charge < -0.3 is 9.47 Å². The molecule has 0 bridgehead atoms. The van der Waals surface area contributed by atoms with Gasteiger partial charge in [0, 0.05) is 5.56 Å². The van der Waals surface area contributed by atoms with Crippen LogP contribution in [-0.4, -0.2) is 29.2 Å². The first kappa shape index (κ1) is 23.9. The molecule has 5 nitrogen and oxygen atoms in total. The maximum atomic E-state index is 13.9. The van der Waals surface area contributed by atoms with E-state index in [2.05, 4.69) is 0 Å². The molecule has 0 radical (unpaired) electrons. The van der Waals surface area contributed by atoms with E-state index < -0.39 is 5.82 Å². The molecule has 1 heterocycles. The van der Waals surface area contributed by atoms with Crippen LogP contribution in [0.5, 0.6) is 11.5 Å². The lowest BCUT2D eigenvalue weighted by Crippen LogP contribution is -2.32. The van der Waals surface area contributed by atoms with Crippen LogP contribution in [0.4, 0.5) is 9.18 Å². The Morgan fingerprint density at radius 3 is 2.50 bits per heavy atom. The fraction of sp³-hybridized carbons (Fsp3) is 0.154. The number of carbonyl (C=O) groups is 2. The summed E-state index contributed by atoms with van der Waals surface area (Å²) in [6.07, 6.45) is 1.66. The quantitative estimate of drug-likeness (QED) is 0.333. The number of carbonyl (C=O) groups excluding carboxylic acids is 2. The Labute approximate surface area is 206 Å². The van der Waals surface area contributed by atoms with Gasteiger partial charge in [-0.05, 0) is 72.3 Å². The van der Waals surface area contributed by atoms with E-state index in [1.165, 1.54) is 17.0 Å². The maximum absolute atomic E-state index is 13.9. The summed E-state index contributed by atoms with van der Waals surface area (Å²) in [4.78, 5) is 26.5. The molecule has 1 aliphatic heterocycles. The maximum Gasteiger partial charge on any atom is 0.293 e. The molecule has 3 aromatic rings. The Morgan fingerprint density at radius 1 is 1.00 bits per heavy atom. The molecule has 0 aromatic heterocycles. The topological polar surface area (TPSA) is 55.8 Å². The van der Waals surface area contributed by atoms with Gasteiger partial charge in [0.15, 0.2) is 0 Å². The molecule has 174 valence electrons. The summed E-state index contributed by atoms with van der Waals surface area (Å²) in [6.45, 7) is 2.34. The van der Waals surface area contributed by atoms with Crippen molar-refractivity contribution in [2.75, 3.05) is 13.2 Å². The van der Waals surface area contributed by atoms with Crippen LogP contribution in [0.3, 0.4) is 0 Å². The summed E-state index contributed by atoms with van der Waals surface area (Å²) in [7, 11) is 0. The summed E-state index contributed by atoms with van der Waals surface area (Å²) in [5.74, 6) is 0.446. The molecule has 0 unspecified atom stereocenters. The van der Waals surface area contributed by atoms with E-state index in [1.807, 2.05) is 31.2 Å². The van der Waals surface area contributed by atoms with E-state index in [0.29, 0.717) is 21.4 Å². The normalized spacial score (nSPS) is 14.7. The van der Waals surface area contributed by atoms with Crippen molar-refractivity contribution < 1.29 is 23.5 Å². The zero-order valence-corrected chi connectivity index (χ0v) is 19.9. The van der Waals surface area contributed by atoms with E-state index in [4.69, 9.17) is 21.1 Å². The second kappa shape index (κ2) is 10.8. The number of aryl methyl sites for hydroxylation is 1. The minimum Gasteiger partial charge on any atom is -0.492 e. The van der Waals surface area contributed by atoms with Gasteiger partial charge in [0.05, 0.1) is 16.5 Å². The molecule has 3 aromatic carbocycles. The SMILES string of the molecule is Cc1cccc(OCCN2C(=O)S/C(=C\c3ccc(OCc4c(F)cccc4Cl)cc3)C2=O)c1. The number of hydrogen-bond acceptors (Lipinski definition) is 5. The van der Waals surface area contributed by atoms with Gasteiger partial charge in [0.25, 0.3) is 11.1 Å². The molecule has 34 heavy (non-hydrogen) atoms. The standard InChI is InChI=1S/C26H21ClFNO4S/c1-17-4-2-5-20(14-17)32-13-12-29-25(30)24(34-26(29)31)15-18-8-10-19(11-9-18)33-16-21-22(27)6-3-7-23(21)28/h2-11,14-15H,12-13,16H2,1H3/b24-15-. The lowest BCUT2D eigenvalue weighted by atomic mass is 10.2. The fourth-order valence-electron chi connectivity index (χ4n) is 3.29. The monoisotopic (exact) mass is 497 g/mol. The van der Waals surface area contributed by atoms with Crippen molar-refractivity contribution in [1.29, 1.82) is 0 Å². The molecule has 8 heteroatoms. The molecular weight excluding hydrogens is 477 g/mol. The van der Waals surface area contributed by atoms with E-state index in [0.717, 1.165) is 22.9 Å². The predicted molar refractivity (Wildman–Crippen MR) is 132 cm³/mol. The number of amides is 2. The predicted octanol–water partition coefficient (Wildman–Crippen LogP) is 6.48. The van der Waals surface area contributed by atoms with Crippen LogP contribution >= 0.6 is 23.4 Å². The zero-order chi connectivity index (χ0) is 24.1. The van der Waals surface area contributed by atoms with E-state index >= 15 is 0 Å². The number of halogens is 2. The summed E-state index contributed by atoms with van der Waals surface area (Å²) in [5, 5.41) is -0.0255. The van der Waals surface area contributed by atoms with Crippen molar-refractivity contribution in [2.24, 2.45) is 0 Å². The van der Waals surface area contributed by atoms with Gasteiger partial charge >= 0.3 is 0 Å². The largest absolute Gasteiger partial charge is 0.492 e. The van der Waals surface area contributed by atoms with E-state index in [-0.39, 0.29) is 36.5 Å². The average molecular weight is 498 g/mol. The first-order valence-electron chi connectivity index (χ1n) is 10.5. The summed E-state index contributed by atoms with van der Waals surface area (Å²) in [5.41, 5.74) is 2.09. The Kier molecular flexibility index (Phi) is 7.55. The van der Waals surface area contributed by atoms with Crippen LogP contribution < -0.4 is 9.47 Å². The number of benzene rings is 3. The molecular formula is C26H21ClFNO4S. The molecule has 0 spiro atoms. The molecule has 0 N–H and O–H groups in total. The molecule has 1 saturated heterocycles. The van der Waals surface area contributed by atoms with Crippen molar-refractivity contribution in [3.8, 4) is 11.5 Å². The first-order valence-corrected chi connectivity index (χ1v) is 11.7. The highest BCUT2D eigenvalue weighted by Gasteiger charge is 2.34. The van der Waals surface area contributed by atoms with Gasteiger partial charge in [-0.2, -0.15) is 0 Å². The van der Waals surface area contributed by atoms with Gasteiger partial charge in [-0.25, -0.2) is 4.39 Å². The third-order valence-electron chi connectivity index (χ3n) is 5.07. The smallest absolute Gasteiger partial charge is 0.293 e. The van der Waals surface area contributed by atoms with E-state index in [9.17, 15) is 14.0 Å². The molecule has 1 fully saturated rings. The highest BCUT2D eigenvalue weighted by atomic mass is 35.5. The first-order chi connectivity index (χ1) is 16.4. The third-order valence-corrected chi connectivity index (χ3v) is 6.33. The molecule has 0 atom stereocenters. The van der Waals surface area contributed by atoms with Gasteiger partial charge in [0.2, 0.25) is 0 Å². The summed E-state index contributed by atoms with van der Waals surface area (Å²) >= 11 is 6.92. The average Bonchev–Trinajstić information content (AvgIpc) is 3.07. The molecule has 1 aliphatic rings. The molecule has 2 amide bonds. The number of thioether (sulfide) groups is 1. The highest BCUT2D eigenvalue weighted by molar-refractivity contribution is 8.18. The zero-order valence-electron chi connectivity index (χ0n) is 18.3. The Balaban J connectivity index is 1.34. The van der Waals surface area contributed by atoms with Crippen molar-refractivity contribution in [1.82, 2.24) is 4.90 Å². The van der Waals surface area contributed by atoms with Crippen molar-refractivity contribution in [2.45, 2.75) is 13.5 Å². The van der Waals surface area contributed by atoms with Crippen molar-refractivity contribution in [3.05, 3.63) is 99.2 Å². The second-order valence-corrected chi connectivity index (χ2v) is 8.96. The van der Waals surface area contributed by atoms with Crippen molar-refractivity contribution in [3.63, 3.8) is 0 Å². The van der Waals surface area contributed by atoms with Gasteiger partial charge in [0.1, 0.15) is 30.5 Å². The van der Waals surface area contributed by atoms with E-state index in [1.54, 1.807) is 36.4 Å². The summed E-state index contributed by atoms with van der Waals surface area (Å²) in [6, 6.07) is 19.0. The van der Waals surface area contributed by atoms with Crippen LogP contribution in [0.2, 0.25) is 5.02 Å². The Hall–Kier alpha value is -3.29. The van der Waals surface area contributed by atoms with Crippen LogP contribution in [0.25, 0.3) is 6.08 Å². The molecule has 0 aliphatic carbocycles. The fourth-order valence-corrected chi connectivity index (χ4v) is 4.37. The van der Waals surface area contributed by atoms with Crippen LogP contribution in [0, 0.1) is 12.7 Å². The Morgan fingerprint density at radius 2 is 1.76 bits per heavy atom. The van der Waals surface area contributed by atoms with Crippen LogP contribution in [0.15, 0.2) is 71.6 Å². The number of hydrogen-bond donors (Lipinski definition) is 0. The lowest BCUT2D eigenvalue weighted by molar-refractivity contribution is -0.123. The number of rotatable bonds is 8. The minimum absolute atomic E-state index is 0.00559. The molecule has 0 saturated carbocycles. The number of imide groups is 1. The highest BCUT2D eigenvalue weighted by Crippen LogP contribution is 2.32. The van der Waals surface area contributed by atoms with Gasteiger partial charge in [-0.1, -0.05) is 41.9 Å². The number of nitrogens with zero attached hydrogens (tertiary/aromatic N) is 1. The number of ether oxygens (including phenoxy) is 2. The minimum atomic E-state index is -0.427. The lowest BCUT2D eigenvalue weighted by Gasteiger charge is -2.13. The molecule has 4 rings (SSSR count). The van der Waals surface area contributed by atoms with Crippen molar-refractivity contribution >= 4 is 40.6 Å². The Bertz CT molecular complexity index is 1230. The second-order valence-electron chi connectivity index (χ2n) is 7.56. The van der Waals surface area contributed by atoms with Crippen LogP contribution in [-0.2, 0) is 11.4 Å². The van der Waals surface area contributed by atoms with Crippen LogP contribution in [0.1, 0.15) is 16.7 Å². The summed E-state index contributed by atoms with van der Waals surface area (Å²) < 4.78 is 25.2. The van der Waals surface area contributed by atoms with Gasteiger partial charge in [-0.3, -0.25) is 14.5 Å². The van der Waals surface area contributed by atoms with Gasteiger partial charge in [-0.15, -0.1) is 0 Å².